The summed E-state index contributed by atoms with van der Waals surface area (Å²) < 4.78 is 12.2. The Balaban J connectivity index is 1.81. The fourth-order valence-electron chi connectivity index (χ4n) is 4.32. The summed E-state index contributed by atoms with van der Waals surface area (Å²) in [7, 11) is 5.56. The molecule has 1 atom stereocenters. The third kappa shape index (κ3) is 4.84. The molecule has 0 bridgehead atoms. The lowest BCUT2D eigenvalue weighted by Crippen LogP contribution is -2.25. The Morgan fingerprint density at radius 2 is 1.74 bits per heavy atom. The van der Waals surface area contributed by atoms with Crippen molar-refractivity contribution in [2.24, 2.45) is 0 Å². The van der Waals surface area contributed by atoms with Gasteiger partial charge >= 0.3 is 0 Å². The highest BCUT2D eigenvalue weighted by molar-refractivity contribution is 9.10. The van der Waals surface area contributed by atoms with Gasteiger partial charge in [0.05, 0.1) is 17.6 Å². The fraction of sp³-hybridized carbons (Fsp3) is 0.321. The fourth-order valence-corrected chi connectivity index (χ4v) is 4.99. The van der Waals surface area contributed by atoms with E-state index < -0.39 is 0 Å². The summed E-state index contributed by atoms with van der Waals surface area (Å²) in [4.78, 5) is 10.8. The van der Waals surface area contributed by atoms with Crippen molar-refractivity contribution in [3.8, 4) is 17.1 Å². The number of imidazole rings is 1. The first kappa shape index (κ1) is 24.3. The lowest BCUT2D eigenvalue weighted by atomic mass is 10.0. The van der Waals surface area contributed by atoms with E-state index in [2.05, 4.69) is 101 Å². The quantitative estimate of drug-likeness (QED) is 0.250. The standard InChI is InChI=1S/C28H32BrN3O2/c1-18(2)19-11-13-20(14-12-19)28-30-26-24(34-5)17-22(25(29)27(26)31-28)23(15-16-33-4)32(3)21-9-7-6-8-10-21/h6-14,17-18,23H,15-16H2,1-5H3,(H,30,31). The van der Waals surface area contributed by atoms with Gasteiger partial charge in [0.25, 0.3) is 0 Å². The Morgan fingerprint density at radius 3 is 2.35 bits per heavy atom. The summed E-state index contributed by atoms with van der Waals surface area (Å²) in [5.74, 6) is 2.09. The van der Waals surface area contributed by atoms with Crippen molar-refractivity contribution in [2.75, 3.05) is 32.8 Å². The molecule has 4 rings (SSSR count). The van der Waals surface area contributed by atoms with Crippen molar-refractivity contribution in [2.45, 2.75) is 32.2 Å². The molecule has 0 radical (unpaired) electrons. The van der Waals surface area contributed by atoms with Gasteiger partial charge in [-0.2, -0.15) is 0 Å². The molecule has 0 aliphatic carbocycles. The van der Waals surface area contributed by atoms with Gasteiger partial charge < -0.3 is 19.4 Å². The maximum atomic E-state index is 5.82. The van der Waals surface area contributed by atoms with Gasteiger partial charge in [-0.1, -0.05) is 56.3 Å². The van der Waals surface area contributed by atoms with Gasteiger partial charge in [-0.25, -0.2) is 4.98 Å². The van der Waals surface area contributed by atoms with Crippen LogP contribution in [-0.4, -0.2) is 37.8 Å². The van der Waals surface area contributed by atoms with Crippen molar-refractivity contribution in [1.82, 2.24) is 9.97 Å². The van der Waals surface area contributed by atoms with E-state index in [-0.39, 0.29) is 6.04 Å². The van der Waals surface area contributed by atoms with Crippen molar-refractivity contribution >= 4 is 32.7 Å². The van der Waals surface area contributed by atoms with Crippen LogP contribution in [0.1, 0.15) is 43.4 Å². The average molecular weight is 522 g/mol. The molecule has 0 saturated carbocycles. The predicted octanol–water partition coefficient (Wildman–Crippen LogP) is 7.34. The minimum absolute atomic E-state index is 0.0699. The second-order valence-corrected chi connectivity index (χ2v) is 9.60. The molecule has 1 heterocycles. The molecule has 1 unspecified atom stereocenters. The summed E-state index contributed by atoms with van der Waals surface area (Å²) in [5, 5.41) is 0. The number of ether oxygens (including phenoxy) is 2. The molecular weight excluding hydrogens is 490 g/mol. The van der Waals surface area contributed by atoms with E-state index in [4.69, 9.17) is 14.5 Å². The van der Waals surface area contributed by atoms with Gasteiger partial charge in [0.1, 0.15) is 22.6 Å². The van der Waals surface area contributed by atoms with Gasteiger partial charge in [-0.15, -0.1) is 0 Å². The van der Waals surface area contributed by atoms with E-state index in [0.29, 0.717) is 12.5 Å². The smallest absolute Gasteiger partial charge is 0.145 e. The van der Waals surface area contributed by atoms with Gasteiger partial charge in [-0.05, 0) is 57.6 Å². The van der Waals surface area contributed by atoms with Crippen LogP contribution in [0.4, 0.5) is 5.69 Å². The number of benzene rings is 3. The van der Waals surface area contributed by atoms with E-state index in [1.54, 1.807) is 14.2 Å². The van der Waals surface area contributed by atoms with Crippen LogP contribution >= 0.6 is 15.9 Å². The predicted molar refractivity (Wildman–Crippen MR) is 144 cm³/mol. The first-order valence-corrected chi connectivity index (χ1v) is 12.4. The summed E-state index contributed by atoms with van der Waals surface area (Å²) in [6, 6.07) is 21.2. The topological polar surface area (TPSA) is 50.4 Å². The van der Waals surface area contributed by atoms with Crippen LogP contribution < -0.4 is 9.64 Å². The van der Waals surface area contributed by atoms with Crippen molar-refractivity contribution in [3.63, 3.8) is 0 Å². The molecule has 4 aromatic rings. The van der Waals surface area contributed by atoms with Crippen LogP contribution in [0.2, 0.25) is 0 Å². The van der Waals surface area contributed by atoms with Gasteiger partial charge in [-0.3, -0.25) is 0 Å². The Kier molecular flexibility index (Phi) is 7.59. The molecule has 0 aliphatic heterocycles. The maximum absolute atomic E-state index is 5.82. The zero-order chi connectivity index (χ0) is 24.2. The third-order valence-electron chi connectivity index (χ3n) is 6.35. The molecule has 1 aromatic heterocycles. The Bertz CT molecular complexity index is 1240. The molecule has 34 heavy (non-hydrogen) atoms. The molecule has 1 N–H and O–H groups in total. The van der Waals surface area contributed by atoms with Crippen LogP contribution in [-0.2, 0) is 4.74 Å². The van der Waals surface area contributed by atoms with Crippen LogP contribution in [0.15, 0.2) is 65.1 Å². The molecular formula is C28H32BrN3O2. The van der Waals surface area contributed by atoms with Crippen LogP contribution in [0.3, 0.4) is 0 Å². The van der Waals surface area contributed by atoms with E-state index in [0.717, 1.165) is 50.3 Å². The molecule has 3 aromatic carbocycles. The van der Waals surface area contributed by atoms with Crippen molar-refractivity contribution in [1.29, 1.82) is 0 Å². The maximum Gasteiger partial charge on any atom is 0.145 e. The molecule has 0 spiro atoms. The number of anilines is 1. The zero-order valence-corrected chi connectivity index (χ0v) is 22.0. The van der Waals surface area contributed by atoms with E-state index >= 15 is 0 Å². The van der Waals surface area contributed by atoms with E-state index in [1.807, 2.05) is 6.07 Å². The average Bonchev–Trinajstić information content (AvgIpc) is 3.32. The highest BCUT2D eigenvalue weighted by atomic mass is 79.9. The highest BCUT2D eigenvalue weighted by Crippen LogP contribution is 2.41. The highest BCUT2D eigenvalue weighted by Gasteiger charge is 2.25. The first-order chi connectivity index (χ1) is 16.4. The van der Waals surface area contributed by atoms with Gasteiger partial charge in [0, 0.05) is 32.0 Å². The number of methoxy groups -OCH3 is 2. The zero-order valence-electron chi connectivity index (χ0n) is 20.4. The second-order valence-electron chi connectivity index (χ2n) is 8.81. The molecule has 5 nitrogen and oxygen atoms in total. The van der Waals surface area contributed by atoms with Crippen LogP contribution in [0, 0.1) is 0 Å². The van der Waals surface area contributed by atoms with Gasteiger partial charge in [0.2, 0.25) is 0 Å². The Morgan fingerprint density at radius 1 is 1.03 bits per heavy atom. The minimum Gasteiger partial charge on any atom is -0.494 e. The number of nitrogens with one attached hydrogen (secondary N) is 1. The lowest BCUT2D eigenvalue weighted by molar-refractivity contribution is 0.187. The number of hydrogen-bond donors (Lipinski definition) is 1. The normalized spacial score (nSPS) is 12.3. The third-order valence-corrected chi connectivity index (χ3v) is 7.19. The number of hydrogen-bond acceptors (Lipinski definition) is 4. The minimum atomic E-state index is 0.0699. The number of aromatic nitrogens is 2. The summed E-state index contributed by atoms with van der Waals surface area (Å²) >= 11 is 3.89. The Hall–Kier alpha value is -2.83. The number of rotatable bonds is 9. The monoisotopic (exact) mass is 521 g/mol. The number of H-pyrrole nitrogens is 1. The van der Waals surface area contributed by atoms with Crippen LogP contribution in [0.5, 0.6) is 5.75 Å². The SMILES string of the molecule is COCCC(c1cc(OC)c2[nH]c(-c3ccc(C(C)C)cc3)nc2c1Br)N(C)c1ccccc1. The molecule has 0 saturated heterocycles. The summed E-state index contributed by atoms with van der Waals surface area (Å²) in [6.07, 6.45) is 0.823. The lowest BCUT2D eigenvalue weighted by Gasteiger charge is -2.31. The Labute approximate surface area is 210 Å². The molecule has 0 fully saturated rings. The van der Waals surface area contributed by atoms with Crippen LogP contribution in [0.25, 0.3) is 22.4 Å². The van der Waals surface area contributed by atoms with Crippen molar-refractivity contribution in [3.05, 3.63) is 76.3 Å². The van der Waals surface area contributed by atoms with Gasteiger partial charge in [0.15, 0.2) is 0 Å². The molecule has 6 heteroatoms. The number of fused-ring (bicyclic) bond motifs is 1. The molecule has 178 valence electrons. The summed E-state index contributed by atoms with van der Waals surface area (Å²) in [6.45, 7) is 5.04. The molecule has 0 amide bonds. The summed E-state index contributed by atoms with van der Waals surface area (Å²) in [5.41, 5.74) is 6.36. The first-order valence-electron chi connectivity index (χ1n) is 11.6. The number of para-hydroxylation sites is 1. The number of aromatic amines is 1. The van der Waals surface area contributed by atoms with E-state index in [1.165, 1.54) is 5.56 Å². The second kappa shape index (κ2) is 10.6. The van der Waals surface area contributed by atoms with E-state index in [9.17, 15) is 0 Å². The number of nitrogens with zero attached hydrogens (tertiary/aromatic N) is 2. The number of halogens is 1. The largest absolute Gasteiger partial charge is 0.494 e. The van der Waals surface area contributed by atoms with Crippen molar-refractivity contribution < 1.29 is 9.47 Å². The molecule has 0 aliphatic rings.